The molecule has 0 atom stereocenters. The SMILES string of the molecule is CCOC(=O)c1nc2nccc(CC)c2c(=O)[nH]1. The van der Waals surface area contributed by atoms with E-state index in [9.17, 15) is 9.59 Å². The number of nitrogens with zero attached hydrogens (tertiary/aromatic N) is 2. The van der Waals surface area contributed by atoms with Crippen molar-refractivity contribution in [2.75, 3.05) is 6.61 Å². The molecule has 2 rings (SSSR count). The van der Waals surface area contributed by atoms with Crippen LogP contribution in [0, 0.1) is 0 Å². The fourth-order valence-electron chi connectivity index (χ4n) is 1.72. The second-order valence-corrected chi connectivity index (χ2v) is 3.66. The van der Waals surface area contributed by atoms with Crippen LogP contribution >= 0.6 is 0 Å². The molecule has 6 heteroatoms. The van der Waals surface area contributed by atoms with Crippen LogP contribution < -0.4 is 5.56 Å². The average molecular weight is 247 g/mol. The van der Waals surface area contributed by atoms with E-state index in [2.05, 4.69) is 15.0 Å². The van der Waals surface area contributed by atoms with Gasteiger partial charge < -0.3 is 9.72 Å². The molecule has 0 aliphatic heterocycles. The first-order chi connectivity index (χ1) is 8.67. The number of carbonyl (C=O) groups is 1. The largest absolute Gasteiger partial charge is 0.460 e. The van der Waals surface area contributed by atoms with Gasteiger partial charge in [-0.15, -0.1) is 0 Å². The Hall–Kier alpha value is -2.24. The monoisotopic (exact) mass is 247 g/mol. The predicted octanol–water partition coefficient (Wildman–Crippen LogP) is 1.06. The molecule has 0 amide bonds. The smallest absolute Gasteiger partial charge is 0.374 e. The number of hydrogen-bond donors (Lipinski definition) is 1. The van der Waals surface area contributed by atoms with Crippen LogP contribution in [0.4, 0.5) is 0 Å². The standard InChI is InChI=1S/C12H13N3O3/c1-3-7-5-6-13-9-8(7)11(16)15-10(14-9)12(17)18-4-2/h5-6H,3-4H2,1-2H3,(H,13,14,15,16). The first kappa shape index (κ1) is 12.2. The summed E-state index contributed by atoms with van der Waals surface area (Å²) in [5, 5.41) is 0.424. The fourth-order valence-corrected chi connectivity index (χ4v) is 1.72. The number of nitrogens with one attached hydrogen (secondary N) is 1. The maximum Gasteiger partial charge on any atom is 0.374 e. The Bertz CT molecular complexity index is 649. The van der Waals surface area contributed by atoms with Gasteiger partial charge in [-0.05, 0) is 25.0 Å². The molecule has 0 aromatic carbocycles. The third-order valence-corrected chi connectivity index (χ3v) is 2.54. The maximum atomic E-state index is 11.9. The molecule has 0 saturated carbocycles. The zero-order valence-electron chi connectivity index (χ0n) is 10.2. The van der Waals surface area contributed by atoms with Gasteiger partial charge in [0.05, 0.1) is 12.0 Å². The Labute approximate surface area is 103 Å². The summed E-state index contributed by atoms with van der Waals surface area (Å²) in [6, 6.07) is 1.77. The summed E-state index contributed by atoms with van der Waals surface area (Å²) in [6.07, 6.45) is 2.27. The molecular weight excluding hydrogens is 234 g/mol. The van der Waals surface area contributed by atoms with E-state index in [-0.39, 0.29) is 23.6 Å². The highest BCUT2D eigenvalue weighted by Crippen LogP contribution is 2.11. The van der Waals surface area contributed by atoms with E-state index < -0.39 is 5.97 Å². The molecule has 0 bridgehead atoms. The van der Waals surface area contributed by atoms with Gasteiger partial charge in [0.25, 0.3) is 5.56 Å². The molecule has 0 saturated heterocycles. The molecule has 0 fully saturated rings. The van der Waals surface area contributed by atoms with Crippen LogP contribution in [-0.4, -0.2) is 27.5 Å². The third-order valence-electron chi connectivity index (χ3n) is 2.54. The Morgan fingerprint density at radius 3 is 2.89 bits per heavy atom. The third kappa shape index (κ3) is 2.09. The van der Waals surface area contributed by atoms with Crippen molar-refractivity contribution in [3.63, 3.8) is 0 Å². The minimum atomic E-state index is -0.653. The van der Waals surface area contributed by atoms with E-state index in [1.54, 1.807) is 19.2 Å². The number of pyridine rings is 1. The Morgan fingerprint density at radius 2 is 2.22 bits per heavy atom. The first-order valence-corrected chi connectivity index (χ1v) is 5.72. The van der Waals surface area contributed by atoms with Crippen molar-refractivity contribution in [2.24, 2.45) is 0 Å². The molecule has 2 aromatic rings. The molecule has 6 nitrogen and oxygen atoms in total. The van der Waals surface area contributed by atoms with Crippen LogP contribution in [0.15, 0.2) is 17.1 Å². The number of aromatic nitrogens is 3. The van der Waals surface area contributed by atoms with Crippen LogP contribution in [0.2, 0.25) is 0 Å². The summed E-state index contributed by atoms with van der Waals surface area (Å²) in [5.41, 5.74) is 0.748. The molecule has 0 unspecified atom stereocenters. The Morgan fingerprint density at radius 1 is 1.44 bits per heavy atom. The van der Waals surface area contributed by atoms with Crippen molar-refractivity contribution in [1.29, 1.82) is 0 Å². The maximum absolute atomic E-state index is 11.9. The van der Waals surface area contributed by atoms with E-state index in [1.165, 1.54) is 0 Å². The number of aromatic amines is 1. The van der Waals surface area contributed by atoms with Gasteiger partial charge in [0.1, 0.15) is 0 Å². The zero-order chi connectivity index (χ0) is 13.1. The van der Waals surface area contributed by atoms with Crippen LogP contribution in [-0.2, 0) is 11.2 Å². The minimum Gasteiger partial charge on any atom is -0.460 e. The lowest BCUT2D eigenvalue weighted by atomic mass is 10.1. The molecule has 2 heterocycles. The van der Waals surface area contributed by atoms with E-state index in [0.717, 1.165) is 5.56 Å². The minimum absolute atomic E-state index is 0.116. The topological polar surface area (TPSA) is 84.9 Å². The van der Waals surface area contributed by atoms with Gasteiger partial charge in [0.2, 0.25) is 5.82 Å². The molecule has 1 N–H and O–H groups in total. The van der Waals surface area contributed by atoms with Gasteiger partial charge in [-0.1, -0.05) is 6.92 Å². The lowest BCUT2D eigenvalue weighted by Gasteiger charge is -2.04. The molecule has 0 radical (unpaired) electrons. The number of H-pyrrole nitrogens is 1. The summed E-state index contributed by atoms with van der Waals surface area (Å²) in [5.74, 6) is -0.768. The van der Waals surface area contributed by atoms with Gasteiger partial charge in [0, 0.05) is 6.20 Å². The summed E-state index contributed by atoms with van der Waals surface area (Å²) >= 11 is 0. The molecule has 94 valence electrons. The quantitative estimate of drug-likeness (QED) is 0.819. The number of aryl methyl sites for hydroxylation is 1. The van der Waals surface area contributed by atoms with Crippen molar-refractivity contribution in [3.05, 3.63) is 34.0 Å². The number of fused-ring (bicyclic) bond motifs is 1. The fraction of sp³-hybridized carbons (Fsp3) is 0.333. The summed E-state index contributed by atoms with van der Waals surface area (Å²) in [6.45, 7) is 3.85. The zero-order valence-corrected chi connectivity index (χ0v) is 10.2. The number of esters is 1. The molecule has 0 spiro atoms. The number of hydrogen-bond acceptors (Lipinski definition) is 5. The number of carbonyl (C=O) groups excluding carboxylic acids is 1. The molecule has 0 aliphatic carbocycles. The molecule has 2 aromatic heterocycles. The summed E-state index contributed by atoms with van der Waals surface area (Å²) in [4.78, 5) is 33.9. The second-order valence-electron chi connectivity index (χ2n) is 3.66. The van der Waals surface area contributed by atoms with Gasteiger partial charge >= 0.3 is 5.97 Å². The number of rotatable bonds is 3. The first-order valence-electron chi connectivity index (χ1n) is 5.72. The number of ether oxygens (including phenoxy) is 1. The normalized spacial score (nSPS) is 10.6. The molecule has 18 heavy (non-hydrogen) atoms. The highest BCUT2D eigenvalue weighted by molar-refractivity contribution is 5.88. The van der Waals surface area contributed by atoms with E-state index in [0.29, 0.717) is 11.8 Å². The Balaban J connectivity index is 2.64. The van der Waals surface area contributed by atoms with Crippen LogP contribution in [0.5, 0.6) is 0 Å². The van der Waals surface area contributed by atoms with Crippen molar-refractivity contribution in [1.82, 2.24) is 15.0 Å². The van der Waals surface area contributed by atoms with E-state index >= 15 is 0 Å². The lowest BCUT2D eigenvalue weighted by molar-refractivity contribution is 0.0512. The average Bonchev–Trinajstić information content (AvgIpc) is 2.38. The van der Waals surface area contributed by atoms with Crippen molar-refractivity contribution >= 4 is 17.0 Å². The van der Waals surface area contributed by atoms with Crippen LogP contribution in [0.25, 0.3) is 11.0 Å². The van der Waals surface area contributed by atoms with Crippen LogP contribution in [0.3, 0.4) is 0 Å². The summed E-state index contributed by atoms with van der Waals surface area (Å²) < 4.78 is 4.79. The van der Waals surface area contributed by atoms with Gasteiger partial charge in [-0.25, -0.2) is 14.8 Å². The highest BCUT2D eigenvalue weighted by atomic mass is 16.5. The Kier molecular flexibility index (Phi) is 3.36. The molecule has 0 aliphatic rings. The predicted molar refractivity (Wildman–Crippen MR) is 65.5 cm³/mol. The van der Waals surface area contributed by atoms with E-state index in [4.69, 9.17) is 4.74 Å². The lowest BCUT2D eigenvalue weighted by Crippen LogP contribution is -2.19. The van der Waals surface area contributed by atoms with Gasteiger partial charge in [-0.3, -0.25) is 4.79 Å². The van der Waals surface area contributed by atoms with Crippen molar-refractivity contribution in [2.45, 2.75) is 20.3 Å². The van der Waals surface area contributed by atoms with Gasteiger partial charge in [-0.2, -0.15) is 0 Å². The van der Waals surface area contributed by atoms with E-state index in [1.807, 2.05) is 6.92 Å². The van der Waals surface area contributed by atoms with Crippen molar-refractivity contribution < 1.29 is 9.53 Å². The van der Waals surface area contributed by atoms with Crippen molar-refractivity contribution in [3.8, 4) is 0 Å². The van der Waals surface area contributed by atoms with Gasteiger partial charge in [0.15, 0.2) is 5.65 Å². The second kappa shape index (κ2) is 4.95. The van der Waals surface area contributed by atoms with Crippen LogP contribution in [0.1, 0.15) is 30.0 Å². The molecular formula is C12H13N3O3. The highest BCUT2D eigenvalue weighted by Gasteiger charge is 2.14. The summed E-state index contributed by atoms with van der Waals surface area (Å²) in [7, 11) is 0.